The van der Waals surface area contributed by atoms with Crippen molar-refractivity contribution in [1.82, 2.24) is 0 Å². The molecule has 0 atom stereocenters. The van der Waals surface area contributed by atoms with E-state index in [9.17, 15) is 13.2 Å². The fourth-order valence-corrected chi connectivity index (χ4v) is 4.22. The van der Waals surface area contributed by atoms with Crippen molar-refractivity contribution in [3.63, 3.8) is 0 Å². The first kappa shape index (κ1) is 23.8. The second-order valence-corrected chi connectivity index (χ2v) is 9.37. The van der Waals surface area contributed by atoms with E-state index in [1.807, 2.05) is 55.5 Å². The molecule has 4 aromatic carbocycles. The van der Waals surface area contributed by atoms with Crippen LogP contribution in [0.1, 0.15) is 5.56 Å². The van der Waals surface area contributed by atoms with Crippen LogP contribution in [0, 0.1) is 6.92 Å². The summed E-state index contributed by atoms with van der Waals surface area (Å²) < 4.78 is 39.1. The van der Waals surface area contributed by atoms with Crippen LogP contribution in [0.3, 0.4) is 0 Å². The second-order valence-electron chi connectivity index (χ2n) is 7.69. The molecule has 0 aliphatic rings. The summed E-state index contributed by atoms with van der Waals surface area (Å²) in [5, 5.41) is 2.77. The minimum Gasteiger partial charge on any atom is -0.484 e. The predicted molar refractivity (Wildman–Crippen MR) is 136 cm³/mol. The molecule has 0 unspecified atom stereocenters. The van der Waals surface area contributed by atoms with Gasteiger partial charge in [0.2, 0.25) is 0 Å². The lowest BCUT2D eigenvalue weighted by Crippen LogP contribution is -2.20. The van der Waals surface area contributed by atoms with Crippen molar-refractivity contribution >= 4 is 27.3 Å². The molecule has 0 aliphatic heterocycles. The van der Waals surface area contributed by atoms with E-state index < -0.39 is 10.0 Å². The van der Waals surface area contributed by atoms with Crippen LogP contribution in [-0.2, 0) is 14.8 Å². The minimum atomic E-state index is -3.74. The van der Waals surface area contributed by atoms with E-state index in [-0.39, 0.29) is 17.4 Å². The predicted octanol–water partition coefficient (Wildman–Crippen LogP) is 5.61. The molecule has 0 heterocycles. The summed E-state index contributed by atoms with van der Waals surface area (Å²) in [6.07, 6.45) is 0. The lowest BCUT2D eigenvalue weighted by atomic mass is 10.2. The Morgan fingerprint density at radius 3 is 2.14 bits per heavy atom. The molecule has 4 aromatic rings. The van der Waals surface area contributed by atoms with Gasteiger partial charge < -0.3 is 14.8 Å². The van der Waals surface area contributed by atoms with Crippen LogP contribution in [0.25, 0.3) is 0 Å². The highest BCUT2D eigenvalue weighted by Crippen LogP contribution is 2.29. The zero-order valence-electron chi connectivity index (χ0n) is 19.0. The molecule has 0 aliphatic carbocycles. The fraction of sp³-hybridized carbons (Fsp3) is 0.0741. The number of benzene rings is 4. The third-order valence-electron chi connectivity index (χ3n) is 4.94. The van der Waals surface area contributed by atoms with Crippen LogP contribution in [0.2, 0.25) is 0 Å². The smallest absolute Gasteiger partial charge is 0.262 e. The van der Waals surface area contributed by atoms with Gasteiger partial charge in [-0.2, -0.15) is 0 Å². The summed E-state index contributed by atoms with van der Waals surface area (Å²) in [5.41, 5.74) is 2.02. The number of amides is 1. The number of carbonyl (C=O) groups excluding carboxylic acids is 1. The van der Waals surface area contributed by atoms with Gasteiger partial charge in [-0.25, -0.2) is 8.42 Å². The van der Waals surface area contributed by atoms with Crippen LogP contribution >= 0.6 is 0 Å². The van der Waals surface area contributed by atoms with E-state index >= 15 is 0 Å². The van der Waals surface area contributed by atoms with E-state index in [0.29, 0.717) is 28.6 Å². The van der Waals surface area contributed by atoms with Crippen LogP contribution in [0.5, 0.6) is 17.2 Å². The number of sulfonamides is 1. The second kappa shape index (κ2) is 10.8. The normalized spacial score (nSPS) is 10.9. The van der Waals surface area contributed by atoms with Crippen molar-refractivity contribution in [2.75, 3.05) is 16.6 Å². The number of carbonyl (C=O) groups is 1. The summed E-state index contributed by atoms with van der Waals surface area (Å²) in [7, 11) is -3.74. The number of anilines is 2. The summed E-state index contributed by atoms with van der Waals surface area (Å²) in [6, 6.07) is 29.3. The highest BCUT2D eigenvalue weighted by atomic mass is 32.2. The maximum Gasteiger partial charge on any atom is 0.262 e. The monoisotopic (exact) mass is 488 g/mol. The number of aryl methyl sites for hydroxylation is 1. The van der Waals surface area contributed by atoms with Gasteiger partial charge in [-0.15, -0.1) is 0 Å². The summed E-state index contributed by atoms with van der Waals surface area (Å²) >= 11 is 0. The molecule has 178 valence electrons. The van der Waals surface area contributed by atoms with Crippen LogP contribution in [0.4, 0.5) is 11.4 Å². The maximum absolute atomic E-state index is 12.6. The summed E-state index contributed by atoms with van der Waals surface area (Å²) in [6.45, 7) is 1.67. The third-order valence-corrected chi connectivity index (χ3v) is 6.34. The molecule has 8 heteroatoms. The number of hydrogen-bond donors (Lipinski definition) is 2. The molecule has 7 nitrogen and oxygen atoms in total. The minimum absolute atomic E-state index is 0.0851. The number of hydrogen-bond acceptors (Lipinski definition) is 5. The van der Waals surface area contributed by atoms with E-state index in [1.54, 1.807) is 30.3 Å². The molecule has 0 saturated heterocycles. The molecule has 0 saturated carbocycles. The van der Waals surface area contributed by atoms with Crippen LogP contribution < -0.4 is 19.5 Å². The molecule has 0 bridgehead atoms. The van der Waals surface area contributed by atoms with Crippen molar-refractivity contribution in [1.29, 1.82) is 0 Å². The van der Waals surface area contributed by atoms with Crippen LogP contribution in [-0.4, -0.2) is 20.9 Å². The summed E-state index contributed by atoms with van der Waals surface area (Å²) in [5.74, 6) is 1.13. The first-order chi connectivity index (χ1) is 16.9. The first-order valence-electron chi connectivity index (χ1n) is 10.8. The molecule has 0 radical (unpaired) electrons. The van der Waals surface area contributed by atoms with E-state index in [2.05, 4.69) is 10.0 Å². The zero-order valence-corrected chi connectivity index (χ0v) is 19.8. The van der Waals surface area contributed by atoms with Gasteiger partial charge in [-0.1, -0.05) is 48.0 Å². The standard InChI is InChI=1S/C27H24N2O5S/c1-20-11-13-21(14-12-20)29-35(31,32)24-17-15-22(16-18-24)33-19-27(30)28-25-9-5-6-10-26(25)34-23-7-3-2-4-8-23/h2-18,29H,19H2,1H3,(H,28,30). The Kier molecular flexibility index (Phi) is 7.32. The highest BCUT2D eigenvalue weighted by Gasteiger charge is 2.15. The number of rotatable bonds is 9. The van der Waals surface area contributed by atoms with Gasteiger partial charge in [0.05, 0.1) is 10.6 Å². The molecule has 1 amide bonds. The van der Waals surface area contributed by atoms with Crippen molar-refractivity contribution in [2.45, 2.75) is 11.8 Å². The molecule has 4 rings (SSSR count). The largest absolute Gasteiger partial charge is 0.484 e. The molecule has 2 N–H and O–H groups in total. The zero-order chi connectivity index (χ0) is 24.7. The van der Waals surface area contributed by atoms with Crippen LogP contribution in [0.15, 0.2) is 108 Å². The molecule has 0 spiro atoms. The molecule has 0 aromatic heterocycles. The molecule has 0 fully saturated rings. The first-order valence-corrected chi connectivity index (χ1v) is 12.3. The Bertz CT molecular complexity index is 1390. The van der Waals surface area contributed by atoms with Gasteiger partial charge in [-0.05, 0) is 67.6 Å². The number of ether oxygens (including phenoxy) is 2. The molecular weight excluding hydrogens is 464 g/mol. The Morgan fingerprint density at radius 1 is 0.771 bits per heavy atom. The topological polar surface area (TPSA) is 93.7 Å². The van der Waals surface area contributed by atoms with E-state index in [1.165, 1.54) is 24.3 Å². The Labute approximate surface area is 204 Å². The van der Waals surface area contributed by atoms with E-state index in [4.69, 9.17) is 9.47 Å². The highest BCUT2D eigenvalue weighted by molar-refractivity contribution is 7.92. The Morgan fingerprint density at radius 2 is 1.43 bits per heavy atom. The van der Waals surface area contributed by atoms with Crippen molar-refractivity contribution < 1.29 is 22.7 Å². The van der Waals surface area contributed by atoms with Gasteiger partial charge in [0.1, 0.15) is 11.5 Å². The molecule has 35 heavy (non-hydrogen) atoms. The Hall–Kier alpha value is -4.30. The lowest BCUT2D eigenvalue weighted by Gasteiger charge is -2.13. The average molecular weight is 489 g/mol. The molecular formula is C27H24N2O5S. The summed E-state index contributed by atoms with van der Waals surface area (Å²) in [4.78, 5) is 12.5. The van der Waals surface area contributed by atoms with Gasteiger partial charge in [0.15, 0.2) is 12.4 Å². The lowest BCUT2D eigenvalue weighted by molar-refractivity contribution is -0.118. The average Bonchev–Trinajstić information content (AvgIpc) is 2.86. The van der Waals surface area contributed by atoms with Crippen molar-refractivity contribution in [3.8, 4) is 17.2 Å². The Balaban J connectivity index is 1.34. The maximum atomic E-state index is 12.6. The van der Waals surface area contributed by atoms with Crippen molar-refractivity contribution in [3.05, 3.63) is 109 Å². The third kappa shape index (κ3) is 6.61. The van der Waals surface area contributed by atoms with Gasteiger partial charge >= 0.3 is 0 Å². The van der Waals surface area contributed by atoms with Gasteiger partial charge in [-0.3, -0.25) is 9.52 Å². The fourth-order valence-electron chi connectivity index (χ4n) is 3.16. The number of para-hydroxylation sites is 3. The SMILES string of the molecule is Cc1ccc(NS(=O)(=O)c2ccc(OCC(=O)Nc3ccccc3Oc3ccccc3)cc2)cc1. The quantitative estimate of drug-likeness (QED) is 0.320. The number of nitrogens with one attached hydrogen (secondary N) is 2. The van der Waals surface area contributed by atoms with Crippen molar-refractivity contribution in [2.24, 2.45) is 0 Å². The van der Waals surface area contributed by atoms with Gasteiger partial charge in [0.25, 0.3) is 15.9 Å². The van der Waals surface area contributed by atoms with E-state index in [0.717, 1.165) is 5.56 Å². The van der Waals surface area contributed by atoms with Gasteiger partial charge in [0, 0.05) is 5.69 Å².